The Hall–Kier alpha value is -2.73. The zero-order valence-electron chi connectivity index (χ0n) is 15.9. The Morgan fingerprint density at radius 1 is 1.26 bits per heavy atom. The molecule has 6 nitrogen and oxygen atoms in total. The quantitative estimate of drug-likeness (QED) is 0.769. The van der Waals surface area contributed by atoms with Crippen molar-refractivity contribution >= 4 is 22.8 Å². The van der Waals surface area contributed by atoms with Crippen LogP contribution >= 0.6 is 0 Å². The molecule has 140 valence electrons. The number of benzene rings is 1. The number of amides is 1. The van der Waals surface area contributed by atoms with Crippen molar-refractivity contribution in [2.24, 2.45) is 7.05 Å². The number of hydrogen-bond donors (Lipinski definition) is 1. The van der Waals surface area contributed by atoms with Gasteiger partial charge in [0.15, 0.2) is 5.65 Å². The molecule has 1 N–H and O–H groups in total. The fraction of sp³-hybridized carbons (Fsp3) is 0.381. The van der Waals surface area contributed by atoms with Gasteiger partial charge in [0, 0.05) is 31.5 Å². The van der Waals surface area contributed by atoms with E-state index in [1.807, 2.05) is 23.7 Å². The second kappa shape index (κ2) is 7.48. The zero-order chi connectivity index (χ0) is 18.8. The summed E-state index contributed by atoms with van der Waals surface area (Å²) in [5.74, 6) is -0.168. The summed E-state index contributed by atoms with van der Waals surface area (Å²) < 4.78 is 1.84. The molecule has 1 fully saturated rings. The number of carbonyl (C=O) groups excluding carboxylic acids is 1. The van der Waals surface area contributed by atoms with Gasteiger partial charge in [0.1, 0.15) is 5.52 Å². The molecule has 1 aliphatic heterocycles. The summed E-state index contributed by atoms with van der Waals surface area (Å²) in [6, 6.07) is 10.5. The highest BCUT2D eigenvalue weighted by molar-refractivity contribution is 6.05. The summed E-state index contributed by atoms with van der Waals surface area (Å²) in [5, 5.41) is 2.99. The predicted octanol–water partition coefficient (Wildman–Crippen LogP) is 3.60. The molecule has 3 aromatic rings. The summed E-state index contributed by atoms with van der Waals surface area (Å²) in [4.78, 5) is 23.7. The Balaban J connectivity index is 1.47. The average molecular weight is 363 g/mol. The number of aryl methyl sites for hydroxylation is 1. The van der Waals surface area contributed by atoms with E-state index in [9.17, 15) is 4.79 Å². The predicted molar refractivity (Wildman–Crippen MR) is 107 cm³/mol. The number of anilines is 1. The van der Waals surface area contributed by atoms with Crippen LogP contribution in [0.15, 0.2) is 42.9 Å². The first-order valence-corrected chi connectivity index (χ1v) is 9.51. The standard InChI is InChI=1S/C21H25N5O/c1-15-6-3-4-9-26(15)13-16-7-5-8-18(10-16)24-21(27)17-11-19-20(22-12-17)25(2)14-23-19/h5,7-8,10-12,14-15H,3-4,6,9,13H2,1-2H3,(H,24,27). The molecule has 1 unspecified atom stereocenters. The Bertz CT molecular complexity index is 964. The van der Waals surface area contributed by atoms with Gasteiger partial charge in [-0.2, -0.15) is 0 Å². The largest absolute Gasteiger partial charge is 0.322 e. The van der Waals surface area contributed by atoms with Crippen LogP contribution in [0.3, 0.4) is 0 Å². The molecule has 1 aromatic carbocycles. The number of nitrogens with zero attached hydrogens (tertiary/aromatic N) is 4. The SMILES string of the molecule is CC1CCCCN1Cc1cccc(NC(=O)c2cnc3c(c2)ncn3C)c1. The normalized spacial score (nSPS) is 17.9. The number of fused-ring (bicyclic) bond motifs is 1. The lowest BCUT2D eigenvalue weighted by Gasteiger charge is -2.33. The molecule has 0 spiro atoms. The van der Waals surface area contributed by atoms with Crippen molar-refractivity contribution in [1.29, 1.82) is 0 Å². The Labute approximate surface area is 159 Å². The van der Waals surface area contributed by atoms with Crippen molar-refractivity contribution in [1.82, 2.24) is 19.4 Å². The van der Waals surface area contributed by atoms with Crippen LogP contribution in [0.2, 0.25) is 0 Å². The second-order valence-electron chi connectivity index (χ2n) is 7.39. The summed E-state index contributed by atoms with van der Waals surface area (Å²) in [6.45, 7) is 4.37. The number of rotatable bonds is 4. The van der Waals surface area contributed by atoms with Crippen LogP contribution in [0.5, 0.6) is 0 Å². The number of likely N-dealkylation sites (tertiary alicyclic amines) is 1. The fourth-order valence-electron chi connectivity index (χ4n) is 3.72. The third kappa shape index (κ3) is 3.85. The van der Waals surface area contributed by atoms with Crippen molar-refractivity contribution in [2.75, 3.05) is 11.9 Å². The third-order valence-electron chi connectivity index (χ3n) is 5.32. The lowest BCUT2D eigenvalue weighted by atomic mass is 10.0. The number of imidazole rings is 1. The van der Waals surface area contributed by atoms with Gasteiger partial charge in [0.05, 0.1) is 11.9 Å². The van der Waals surface area contributed by atoms with Gasteiger partial charge < -0.3 is 9.88 Å². The highest BCUT2D eigenvalue weighted by Crippen LogP contribution is 2.21. The molecule has 6 heteroatoms. The number of pyridine rings is 1. The topological polar surface area (TPSA) is 63.1 Å². The van der Waals surface area contributed by atoms with E-state index in [1.54, 1.807) is 18.6 Å². The van der Waals surface area contributed by atoms with Gasteiger partial charge in [0.2, 0.25) is 0 Å². The molecule has 3 heterocycles. The van der Waals surface area contributed by atoms with E-state index >= 15 is 0 Å². The van der Waals surface area contributed by atoms with Crippen molar-refractivity contribution in [3.63, 3.8) is 0 Å². The molecule has 1 atom stereocenters. The Kier molecular flexibility index (Phi) is 4.90. The third-order valence-corrected chi connectivity index (χ3v) is 5.32. The van der Waals surface area contributed by atoms with Gasteiger partial charge >= 0.3 is 0 Å². The minimum atomic E-state index is -0.168. The molecule has 1 aliphatic rings. The van der Waals surface area contributed by atoms with E-state index in [4.69, 9.17) is 0 Å². The molecular formula is C21H25N5O. The molecule has 0 aliphatic carbocycles. The van der Waals surface area contributed by atoms with Crippen molar-refractivity contribution in [2.45, 2.75) is 38.8 Å². The van der Waals surface area contributed by atoms with E-state index in [0.717, 1.165) is 29.9 Å². The number of aromatic nitrogens is 3. The summed E-state index contributed by atoms with van der Waals surface area (Å²) in [6.07, 6.45) is 7.15. The molecule has 1 saturated heterocycles. The van der Waals surface area contributed by atoms with E-state index < -0.39 is 0 Å². The van der Waals surface area contributed by atoms with Crippen LogP contribution in [0.4, 0.5) is 5.69 Å². The van der Waals surface area contributed by atoms with Gasteiger partial charge in [-0.3, -0.25) is 9.69 Å². The summed E-state index contributed by atoms with van der Waals surface area (Å²) in [7, 11) is 1.89. The number of nitrogens with one attached hydrogen (secondary N) is 1. The van der Waals surface area contributed by atoms with Gasteiger partial charge in [0.25, 0.3) is 5.91 Å². The van der Waals surface area contributed by atoms with Crippen LogP contribution in [0.25, 0.3) is 11.2 Å². The van der Waals surface area contributed by atoms with Crippen LogP contribution in [-0.4, -0.2) is 37.9 Å². The van der Waals surface area contributed by atoms with Gasteiger partial charge in [-0.15, -0.1) is 0 Å². The highest BCUT2D eigenvalue weighted by atomic mass is 16.1. The maximum Gasteiger partial charge on any atom is 0.257 e. The van der Waals surface area contributed by atoms with E-state index in [1.165, 1.54) is 24.8 Å². The minimum absolute atomic E-state index is 0.168. The van der Waals surface area contributed by atoms with Gasteiger partial charge in [-0.1, -0.05) is 18.6 Å². The number of piperidine rings is 1. The van der Waals surface area contributed by atoms with E-state index in [-0.39, 0.29) is 5.91 Å². The molecule has 0 saturated carbocycles. The minimum Gasteiger partial charge on any atom is -0.322 e. The van der Waals surface area contributed by atoms with Crippen LogP contribution < -0.4 is 5.32 Å². The second-order valence-corrected chi connectivity index (χ2v) is 7.39. The fourth-order valence-corrected chi connectivity index (χ4v) is 3.72. The Morgan fingerprint density at radius 3 is 3.00 bits per heavy atom. The Morgan fingerprint density at radius 2 is 2.15 bits per heavy atom. The first kappa shape index (κ1) is 17.7. The summed E-state index contributed by atoms with van der Waals surface area (Å²) >= 11 is 0. The van der Waals surface area contributed by atoms with Crippen LogP contribution in [-0.2, 0) is 13.6 Å². The lowest BCUT2D eigenvalue weighted by molar-refractivity contribution is 0.102. The van der Waals surface area contributed by atoms with Crippen molar-refractivity contribution in [3.8, 4) is 0 Å². The van der Waals surface area contributed by atoms with E-state index in [2.05, 4.69) is 39.2 Å². The zero-order valence-corrected chi connectivity index (χ0v) is 15.9. The maximum atomic E-state index is 12.6. The van der Waals surface area contributed by atoms with Gasteiger partial charge in [-0.25, -0.2) is 9.97 Å². The number of hydrogen-bond acceptors (Lipinski definition) is 4. The maximum absolute atomic E-state index is 12.6. The van der Waals surface area contributed by atoms with Gasteiger partial charge in [-0.05, 0) is 50.1 Å². The molecular weight excluding hydrogens is 338 g/mol. The molecule has 4 rings (SSSR count). The highest BCUT2D eigenvalue weighted by Gasteiger charge is 2.18. The first-order chi connectivity index (χ1) is 13.1. The molecule has 0 radical (unpaired) electrons. The molecule has 0 bridgehead atoms. The monoisotopic (exact) mass is 363 g/mol. The number of carbonyl (C=O) groups is 1. The van der Waals surface area contributed by atoms with Crippen molar-refractivity contribution < 1.29 is 4.79 Å². The first-order valence-electron chi connectivity index (χ1n) is 9.51. The molecule has 2 aromatic heterocycles. The van der Waals surface area contributed by atoms with E-state index in [0.29, 0.717) is 11.6 Å². The molecule has 27 heavy (non-hydrogen) atoms. The lowest BCUT2D eigenvalue weighted by Crippen LogP contribution is -2.36. The molecule has 1 amide bonds. The van der Waals surface area contributed by atoms with Crippen LogP contribution in [0, 0.1) is 0 Å². The van der Waals surface area contributed by atoms with Crippen LogP contribution in [0.1, 0.15) is 42.1 Å². The summed E-state index contributed by atoms with van der Waals surface area (Å²) in [5.41, 5.74) is 4.03. The average Bonchev–Trinajstić information content (AvgIpc) is 3.04. The van der Waals surface area contributed by atoms with Crippen molar-refractivity contribution in [3.05, 3.63) is 54.0 Å². The smallest absolute Gasteiger partial charge is 0.257 e.